The number of nitrogens with one attached hydrogen (secondary N) is 1. The molecule has 0 radical (unpaired) electrons. The van der Waals surface area contributed by atoms with Crippen molar-refractivity contribution in [2.24, 2.45) is 5.92 Å². The van der Waals surface area contributed by atoms with Gasteiger partial charge in [-0.1, -0.05) is 32.6 Å². The molecule has 27 heavy (non-hydrogen) atoms. The zero-order chi connectivity index (χ0) is 19.4. The maximum Gasteiger partial charge on any atom is 0.268 e. The van der Waals surface area contributed by atoms with Crippen molar-refractivity contribution in [2.45, 2.75) is 58.4 Å². The number of nitrogens with zero attached hydrogens (tertiary/aromatic N) is 1. The maximum absolute atomic E-state index is 13.6. The van der Waals surface area contributed by atoms with Crippen LogP contribution in [-0.4, -0.2) is 17.0 Å². The molecule has 0 atom stereocenters. The highest BCUT2D eigenvalue weighted by molar-refractivity contribution is 5.96. The number of carbonyl (C=O) groups is 1. The van der Waals surface area contributed by atoms with Crippen LogP contribution in [-0.2, 0) is 6.54 Å². The average molecular weight is 376 g/mol. The predicted octanol–water partition coefficient (Wildman–Crippen LogP) is 4.39. The molecule has 0 unspecified atom stereocenters. The summed E-state index contributed by atoms with van der Waals surface area (Å²) in [5.74, 6) is -1.95. The molecule has 4 nitrogen and oxygen atoms in total. The molecule has 146 valence electrons. The second-order valence-corrected chi connectivity index (χ2v) is 7.41. The van der Waals surface area contributed by atoms with Gasteiger partial charge in [0, 0.05) is 13.1 Å². The molecule has 0 spiro atoms. The summed E-state index contributed by atoms with van der Waals surface area (Å²) in [5, 5.41) is 3.27. The summed E-state index contributed by atoms with van der Waals surface area (Å²) in [5.41, 5.74) is -0.245. The Kier molecular flexibility index (Phi) is 6.24. The van der Waals surface area contributed by atoms with E-state index in [0.29, 0.717) is 19.0 Å². The fourth-order valence-electron chi connectivity index (χ4n) is 3.79. The van der Waals surface area contributed by atoms with Gasteiger partial charge < -0.3 is 9.88 Å². The first-order chi connectivity index (χ1) is 13.0. The van der Waals surface area contributed by atoms with Crippen molar-refractivity contribution in [1.82, 2.24) is 9.88 Å². The van der Waals surface area contributed by atoms with Crippen LogP contribution in [0.1, 0.15) is 62.4 Å². The van der Waals surface area contributed by atoms with Crippen molar-refractivity contribution in [3.05, 3.63) is 45.9 Å². The van der Waals surface area contributed by atoms with E-state index in [0.717, 1.165) is 37.8 Å². The molecule has 1 amide bonds. The summed E-state index contributed by atoms with van der Waals surface area (Å²) in [6.07, 6.45) is 7.39. The minimum Gasteiger partial charge on any atom is -0.350 e. The van der Waals surface area contributed by atoms with E-state index in [2.05, 4.69) is 5.32 Å². The van der Waals surface area contributed by atoms with E-state index in [9.17, 15) is 18.4 Å². The first kappa shape index (κ1) is 19.5. The van der Waals surface area contributed by atoms with Crippen LogP contribution in [0, 0.1) is 17.6 Å². The molecule has 1 aromatic heterocycles. The molecule has 0 aliphatic heterocycles. The number of amides is 1. The Morgan fingerprint density at radius 1 is 1.15 bits per heavy atom. The van der Waals surface area contributed by atoms with Gasteiger partial charge in [-0.15, -0.1) is 0 Å². The van der Waals surface area contributed by atoms with Gasteiger partial charge in [-0.05, 0) is 48.8 Å². The van der Waals surface area contributed by atoms with Crippen molar-refractivity contribution in [1.29, 1.82) is 0 Å². The largest absolute Gasteiger partial charge is 0.350 e. The number of carbonyl (C=O) groups excluding carboxylic acids is 1. The Labute approximate surface area is 157 Å². The molecule has 0 saturated heterocycles. The monoisotopic (exact) mass is 376 g/mol. The van der Waals surface area contributed by atoms with Gasteiger partial charge in [0.05, 0.1) is 5.39 Å². The van der Waals surface area contributed by atoms with Gasteiger partial charge in [-0.3, -0.25) is 9.59 Å². The summed E-state index contributed by atoms with van der Waals surface area (Å²) in [7, 11) is 0. The van der Waals surface area contributed by atoms with Crippen LogP contribution in [0.25, 0.3) is 10.8 Å². The number of pyridine rings is 1. The molecule has 3 rings (SSSR count). The van der Waals surface area contributed by atoms with Gasteiger partial charge in [-0.25, -0.2) is 8.78 Å². The lowest BCUT2D eigenvalue weighted by Crippen LogP contribution is -2.35. The van der Waals surface area contributed by atoms with Crippen LogP contribution in [0.15, 0.2) is 23.0 Å². The van der Waals surface area contributed by atoms with Crippen LogP contribution in [0.2, 0.25) is 0 Å². The second-order valence-electron chi connectivity index (χ2n) is 7.41. The van der Waals surface area contributed by atoms with Crippen molar-refractivity contribution in [2.75, 3.05) is 6.54 Å². The summed E-state index contributed by atoms with van der Waals surface area (Å²) in [6.45, 7) is 2.94. The van der Waals surface area contributed by atoms with Crippen molar-refractivity contribution >= 4 is 16.7 Å². The Balaban J connectivity index is 1.94. The van der Waals surface area contributed by atoms with Gasteiger partial charge in [0.15, 0.2) is 11.6 Å². The molecular formula is C21H26F2N2O2. The highest BCUT2D eigenvalue weighted by atomic mass is 19.2. The molecule has 1 heterocycles. The molecule has 6 heteroatoms. The van der Waals surface area contributed by atoms with E-state index < -0.39 is 17.2 Å². The quantitative estimate of drug-likeness (QED) is 0.813. The fraction of sp³-hybridized carbons (Fsp3) is 0.524. The lowest BCUT2D eigenvalue weighted by atomic mass is 9.89. The third kappa shape index (κ3) is 4.37. The maximum atomic E-state index is 13.6. The number of benzene rings is 1. The number of rotatable bonds is 6. The second kappa shape index (κ2) is 8.63. The van der Waals surface area contributed by atoms with Gasteiger partial charge in [0.1, 0.15) is 5.69 Å². The molecular weight excluding hydrogens is 350 g/mol. The SMILES string of the molecule is CCCCn1c(C(=O)NCC2CCCCC2)cc2cc(F)c(F)cc2c1=O. The minimum atomic E-state index is -1.06. The van der Waals surface area contributed by atoms with E-state index in [4.69, 9.17) is 0 Å². The molecule has 1 aliphatic carbocycles. The van der Waals surface area contributed by atoms with Crippen LogP contribution >= 0.6 is 0 Å². The number of hydrogen-bond donors (Lipinski definition) is 1. The van der Waals surface area contributed by atoms with Crippen molar-refractivity contribution < 1.29 is 13.6 Å². The third-order valence-electron chi connectivity index (χ3n) is 5.39. The standard InChI is InChI=1S/C21H26F2N2O2/c1-2-3-9-25-19(20(26)24-13-14-7-5-4-6-8-14)11-15-10-17(22)18(23)12-16(15)21(25)27/h10-12,14H,2-9,13H2,1H3,(H,24,26). The molecule has 1 saturated carbocycles. The van der Waals surface area contributed by atoms with Crippen LogP contribution in [0.4, 0.5) is 8.78 Å². The molecule has 1 aliphatic rings. The third-order valence-corrected chi connectivity index (χ3v) is 5.39. The molecule has 1 N–H and O–H groups in total. The van der Waals surface area contributed by atoms with E-state index in [-0.39, 0.29) is 22.4 Å². The van der Waals surface area contributed by atoms with E-state index in [1.807, 2.05) is 6.92 Å². The minimum absolute atomic E-state index is 0.0915. The van der Waals surface area contributed by atoms with Gasteiger partial charge in [0.2, 0.25) is 0 Å². The highest BCUT2D eigenvalue weighted by Crippen LogP contribution is 2.23. The number of fused-ring (bicyclic) bond motifs is 1. The number of aromatic nitrogens is 1. The van der Waals surface area contributed by atoms with Crippen LogP contribution in [0.3, 0.4) is 0 Å². The Bertz CT molecular complexity index is 886. The first-order valence-electron chi connectivity index (χ1n) is 9.82. The lowest BCUT2D eigenvalue weighted by molar-refractivity contribution is 0.0933. The average Bonchev–Trinajstić information content (AvgIpc) is 2.67. The predicted molar refractivity (Wildman–Crippen MR) is 102 cm³/mol. The summed E-state index contributed by atoms with van der Waals surface area (Å²) < 4.78 is 28.6. The first-order valence-corrected chi connectivity index (χ1v) is 9.82. The molecule has 0 bridgehead atoms. The van der Waals surface area contributed by atoms with Gasteiger partial charge >= 0.3 is 0 Å². The molecule has 2 aromatic rings. The van der Waals surface area contributed by atoms with Crippen molar-refractivity contribution in [3.63, 3.8) is 0 Å². The lowest BCUT2D eigenvalue weighted by Gasteiger charge is -2.22. The molecule has 1 fully saturated rings. The zero-order valence-electron chi connectivity index (χ0n) is 15.7. The van der Waals surface area contributed by atoms with Crippen LogP contribution < -0.4 is 10.9 Å². The normalized spacial score (nSPS) is 15.2. The summed E-state index contributed by atoms with van der Waals surface area (Å²) >= 11 is 0. The van der Waals surface area contributed by atoms with Gasteiger partial charge in [-0.2, -0.15) is 0 Å². The smallest absolute Gasteiger partial charge is 0.268 e. The topological polar surface area (TPSA) is 51.1 Å². The Morgan fingerprint density at radius 3 is 2.56 bits per heavy atom. The Morgan fingerprint density at radius 2 is 1.85 bits per heavy atom. The fourth-order valence-corrected chi connectivity index (χ4v) is 3.79. The highest BCUT2D eigenvalue weighted by Gasteiger charge is 2.19. The summed E-state index contributed by atoms with van der Waals surface area (Å²) in [4.78, 5) is 25.6. The number of halogens is 2. The molecule has 1 aromatic carbocycles. The van der Waals surface area contributed by atoms with E-state index in [1.54, 1.807) is 0 Å². The van der Waals surface area contributed by atoms with E-state index in [1.165, 1.54) is 29.9 Å². The number of unbranched alkanes of at least 4 members (excludes halogenated alkanes) is 1. The van der Waals surface area contributed by atoms with E-state index >= 15 is 0 Å². The summed E-state index contributed by atoms with van der Waals surface area (Å²) in [6, 6.07) is 3.39. The van der Waals surface area contributed by atoms with Crippen molar-refractivity contribution in [3.8, 4) is 0 Å². The van der Waals surface area contributed by atoms with Gasteiger partial charge in [0.25, 0.3) is 11.5 Å². The van der Waals surface area contributed by atoms with Crippen LogP contribution in [0.5, 0.6) is 0 Å². The number of hydrogen-bond acceptors (Lipinski definition) is 2. The zero-order valence-corrected chi connectivity index (χ0v) is 15.7. The Hall–Kier alpha value is -2.24.